The van der Waals surface area contributed by atoms with Gasteiger partial charge in [-0.3, -0.25) is 4.79 Å². The molecule has 1 heterocycles. The average molecular weight is 328 g/mol. The first-order chi connectivity index (χ1) is 12.1. The molecule has 1 aromatic heterocycles. The van der Waals surface area contributed by atoms with Crippen LogP contribution in [0.25, 0.3) is 43.5 Å². The molecule has 0 radical (unpaired) electrons. The zero-order valence-electron chi connectivity index (χ0n) is 13.0. The van der Waals surface area contributed by atoms with Gasteiger partial charge in [-0.1, -0.05) is 12.1 Å². The Kier molecular flexibility index (Phi) is 2.63. The van der Waals surface area contributed by atoms with E-state index in [-0.39, 0.29) is 16.9 Å². The molecule has 0 saturated carbocycles. The summed E-state index contributed by atoms with van der Waals surface area (Å²) in [7, 11) is 0. The van der Waals surface area contributed by atoms with Gasteiger partial charge in [0.15, 0.2) is 5.43 Å². The molecule has 0 amide bonds. The fourth-order valence-corrected chi connectivity index (χ4v) is 3.32. The zero-order chi connectivity index (χ0) is 17.1. The molecule has 0 aliphatic heterocycles. The van der Waals surface area contributed by atoms with Gasteiger partial charge in [0, 0.05) is 0 Å². The van der Waals surface area contributed by atoms with E-state index in [4.69, 9.17) is 4.42 Å². The number of phenols is 1. The SMILES string of the molecule is O=c1ccc2cc3c(O)c4cc5ccc(O)cc5cc4oc3cc2c1. The van der Waals surface area contributed by atoms with Crippen LogP contribution in [0.4, 0.5) is 0 Å². The van der Waals surface area contributed by atoms with Crippen molar-refractivity contribution in [1.82, 2.24) is 0 Å². The summed E-state index contributed by atoms with van der Waals surface area (Å²) in [5.74, 6) is 0.310. The van der Waals surface area contributed by atoms with Gasteiger partial charge in [-0.25, -0.2) is 0 Å². The minimum Gasteiger partial charge on any atom is -0.508 e. The molecular formula is C21H12O4. The van der Waals surface area contributed by atoms with E-state index in [1.807, 2.05) is 12.1 Å². The first-order valence-electron chi connectivity index (χ1n) is 7.85. The van der Waals surface area contributed by atoms with Crippen LogP contribution < -0.4 is 5.43 Å². The maximum Gasteiger partial charge on any atom is 0.179 e. The Hall–Kier alpha value is -3.53. The van der Waals surface area contributed by atoms with E-state index < -0.39 is 0 Å². The van der Waals surface area contributed by atoms with Crippen LogP contribution in [0.3, 0.4) is 0 Å². The Morgan fingerprint density at radius 3 is 1.92 bits per heavy atom. The number of hydrogen-bond acceptors (Lipinski definition) is 4. The predicted octanol–water partition coefficient (Wildman–Crippen LogP) is 4.66. The smallest absolute Gasteiger partial charge is 0.179 e. The molecule has 0 spiro atoms. The van der Waals surface area contributed by atoms with E-state index in [0.717, 1.165) is 21.5 Å². The fraction of sp³-hybridized carbons (Fsp3) is 0. The quantitative estimate of drug-likeness (QED) is 0.405. The number of phenolic OH excluding ortho intramolecular Hbond substituents is 1. The summed E-state index contributed by atoms with van der Waals surface area (Å²) in [5, 5.41) is 25.0. The second kappa shape index (κ2) is 4.74. The standard InChI is InChI=1S/C21H12O4/c22-15-3-1-11-7-17-19(9-13(11)5-15)25-20-10-14-6-16(23)4-2-12(14)8-18(20)21(17)24/h1-10,22,24H. The van der Waals surface area contributed by atoms with Crippen molar-refractivity contribution in [3.8, 4) is 11.5 Å². The molecule has 5 aromatic rings. The molecule has 4 aromatic carbocycles. The van der Waals surface area contributed by atoms with Gasteiger partial charge >= 0.3 is 0 Å². The van der Waals surface area contributed by atoms with E-state index >= 15 is 0 Å². The number of hydrogen-bond donors (Lipinski definition) is 2. The van der Waals surface area contributed by atoms with Crippen molar-refractivity contribution in [2.24, 2.45) is 0 Å². The first-order valence-corrected chi connectivity index (χ1v) is 7.85. The maximum absolute atomic E-state index is 11.6. The van der Waals surface area contributed by atoms with Crippen molar-refractivity contribution in [2.75, 3.05) is 0 Å². The predicted molar refractivity (Wildman–Crippen MR) is 98.3 cm³/mol. The summed E-state index contributed by atoms with van der Waals surface area (Å²) in [6.45, 7) is 0. The van der Waals surface area contributed by atoms with Crippen LogP contribution in [0.1, 0.15) is 0 Å². The molecular weight excluding hydrogens is 316 g/mol. The normalized spacial score (nSPS) is 11.7. The highest BCUT2D eigenvalue weighted by Gasteiger charge is 2.12. The highest BCUT2D eigenvalue weighted by Crippen LogP contribution is 2.38. The summed E-state index contributed by atoms with van der Waals surface area (Å²) >= 11 is 0. The average Bonchev–Trinajstić information content (AvgIpc) is 2.59. The third-order valence-corrected chi connectivity index (χ3v) is 4.56. The molecule has 0 fully saturated rings. The molecule has 0 saturated heterocycles. The van der Waals surface area contributed by atoms with Gasteiger partial charge in [-0.05, 0) is 70.1 Å². The molecule has 0 atom stereocenters. The lowest BCUT2D eigenvalue weighted by atomic mass is 10.0. The maximum atomic E-state index is 11.6. The van der Waals surface area contributed by atoms with Crippen LogP contribution >= 0.6 is 0 Å². The van der Waals surface area contributed by atoms with Gasteiger partial charge in [0.2, 0.25) is 0 Å². The topological polar surface area (TPSA) is 70.7 Å². The summed E-state index contributed by atoms with van der Waals surface area (Å²) in [5.41, 5.74) is 0.946. The van der Waals surface area contributed by atoms with Crippen LogP contribution in [-0.4, -0.2) is 10.2 Å². The Morgan fingerprint density at radius 1 is 0.640 bits per heavy atom. The number of benzene rings is 4. The van der Waals surface area contributed by atoms with Gasteiger partial charge in [0.05, 0.1) is 10.8 Å². The van der Waals surface area contributed by atoms with Crippen molar-refractivity contribution in [1.29, 1.82) is 0 Å². The number of aromatic hydroxyl groups is 2. The van der Waals surface area contributed by atoms with E-state index in [2.05, 4.69) is 0 Å². The van der Waals surface area contributed by atoms with E-state index in [1.54, 1.807) is 42.5 Å². The monoisotopic (exact) mass is 328 g/mol. The van der Waals surface area contributed by atoms with Crippen molar-refractivity contribution < 1.29 is 14.6 Å². The minimum absolute atomic E-state index is 0.0710. The van der Waals surface area contributed by atoms with Crippen LogP contribution in [0.2, 0.25) is 0 Å². The van der Waals surface area contributed by atoms with Gasteiger partial charge < -0.3 is 14.6 Å². The van der Waals surface area contributed by atoms with E-state index in [9.17, 15) is 15.0 Å². The molecule has 0 aliphatic rings. The van der Waals surface area contributed by atoms with Crippen molar-refractivity contribution >= 4 is 43.5 Å². The Labute approximate surface area is 141 Å². The van der Waals surface area contributed by atoms with Crippen LogP contribution in [0.15, 0.2) is 69.9 Å². The van der Waals surface area contributed by atoms with Gasteiger partial charge in [0.1, 0.15) is 22.7 Å². The molecule has 25 heavy (non-hydrogen) atoms. The lowest BCUT2D eigenvalue weighted by Gasteiger charge is -2.09. The minimum atomic E-state index is -0.0710. The highest BCUT2D eigenvalue weighted by atomic mass is 16.3. The molecule has 5 rings (SSSR count). The largest absolute Gasteiger partial charge is 0.508 e. The van der Waals surface area contributed by atoms with Gasteiger partial charge in [-0.15, -0.1) is 0 Å². The Bertz CT molecular complexity index is 1380. The molecule has 2 N–H and O–H groups in total. The van der Waals surface area contributed by atoms with E-state index in [1.165, 1.54) is 6.07 Å². The Morgan fingerprint density at radius 2 is 1.24 bits per heavy atom. The molecule has 4 nitrogen and oxygen atoms in total. The molecule has 4 heteroatoms. The summed E-state index contributed by atoms with van der Waals surface area (Å²) in [4.78, 5) is 11.6. The van der Waals surface area contributed by atoms with Crippen LogP contribution in [0.5, 0.6) is 11.5 Å². The second-order valence-corrected chi connectivity index (χ2v) is 6.19. The van der Waals surface area contributed by atoms with Crippen LogP contribution in [0, 0.1) is 0 Å². The number of rotatable bonds is 0. The third kappa shape index (κ3) is 2.04. The lowest BCUT2D eigenvalue weighted by molar-refractivity contribution is 0.476. The van der Waals surface area contributed by atoms with Gasteiger partial charge in [-0.2, -0.15) is 0 Å². The Balaban J connectivity index is 1.95. The molecule has 0 bridgehead atoms. The van der Waals surface area contributed by atoms with Crippen molar-refractivity contribution in [2.45, 2.75) is 0 Å². The summed E-state index contributed by atoms with van der Waals surface area (Å²) in [6.07, 6.45) is 0. The molecule has 0 aliphatic carbocycles. The third-order valence-electron chi connectivity index (χ3n) is 4.56. The fourth-order valence-electron chi connectivity index (χ4n) is 3.32. The summed E-state index contributed by atoms with van der Waals surface area (Å²) in [6, 6.07) is 17.1. The van der Waals surface area contributed by atoms with Gasteiger partial charge in [0.25, 0.3) is 0 Å². The first kappa shape index (κ1) is 13.9. The zero-order valence-corrected chi connectivity index (χ0v) is 13.0. The highest BCUT2D eigenvalue weighted by molar-refractivity contribution is 6.07. The molecule has 0 unspecified atom stereocenters. The van der Waals surface area contributed by atoms with Crippen molar-refractivity contribution in [3.05, 3.63) is 70.9 Å². The van der Waals surface area contributed by atoms with Crippen molar-refractivity contribution in [3.63, 3.8) is 0 Å². The van der Waals surface area contributed by atoms with E-state index in [0.29, 0.717) is 21.9 Å². The van der Waals surface area contributed by atoms with Crippen LogP contribution in [-0.2, 0) is 0 Å². The molecule has 120 valence electrons. The second-order valence-electron chi connectivity index (χ2n) is 6.19. The summed E-state index contributed by atoms with van der Waals surface area (Å²) < 4.78 is 5.98. The lowest BCUT2D eigenvalue weighted by Crippen LogP contribution is -1.94. The number of fused-ring (bicyclic) bond motifs is 4.